The summed E-state index contributed by atoms with van der Waals surface area (Å²) in [6, 6.07) is 0. The highest BCUT2D eigenvalue weighted by Crippen LogP contribution is 2.48. The molecule has 2 saturated carbocycles. The van der Waals surface area contributed by atoms with E-state index in [0.29, 0.717) is 38.6 Å². The number of carboxylic acids is 1. The number of aliphatic hydroxyl groups is 2. The smallest absolute Gasteiger partial charge is 0.324 e. The molecule has 50 heavy (non-hydrogen) atoms. The molecule has 0 aromatic heterocycles. The van der Waals surface area contributed by atoms with Gasteiger partial charge in [-0.1, -0.05) is 141 Å². The standard InChI is InChI=1S/C43H76ClNO5/c1-4-6-7-8-9-10-11-12-13-14-15-16-17-18-19-23-33-45(3)43(32-34-46,41(49)50)31-22-20-21-26-36-37(39(47)35-38(36)44)27-24-28-40(48)42(5-2)29-25-30-42/h20-21,24,27,34,36-40,47-48H,4-19,22-23,25-26,28-33,35H2,1-3H3,(H,49,50)/b21-20-,27-24+/t36-,37-,38-,39-,40+,43?/m1/s1. The predicted molar refractivity (Wildman–Crippen MR) is 210 cm³/mol. The maximum absolute atomic E-state index is 12.6. The number of aldehydes is 1. The van der Waals surface area contributed by atoms with E-state index in [1.165, 1.54) is 96.3 Å². The zero-order valence-electron chi connectivity index (χ0n) is 32.3. The molecule has 7 heteroatoms. The summed E-state index contributed by atoms with van der Waals surface area (Å²) in [6.45, 7) is 5.10. The average molecular weight is 723 g/mol. The number of carbonyl (C=O) groups is 2. The van der Waals surface area contributed by atoms with Crippen molar-refractivity contribution in [3.8, 4) is 0 Å². The van der Waals surface area contributed by atoms with Crippen molar-refractivity contribution in [3.63, 3.8) is 0 Å². The van der Waals surface area contributed by atoms with Crippen LogP contribution in [0.4, 0.5) is 0 Å². The Kier molecular flexibility index (Phi) is 23.1. The van der Waals surface area contributed by atoms with Gasteiger partial charge in [0.1, 0.15) is 11.8 Å². The van der Waals surface area contributed by atoms with Gasteiger partial charge < -0.3 is 20.1 Å². The number of aliphatic hydroxyl groups excluding tert-OH is 2. The molecule has 0 heterocycles. The van der Waals surface area contributed by atoms with Gasteiger partial charge in [-0.15, -0.1) is 11.6 Å². The lowest BCUT2D eigenvalue weighted by atomic mass is 9.63. The summed E-state index contributed by atoms with van der Waals surface area (Å²) < 4.78 is 0. The lowest BCUT2D eigenvalue weighted by Gasteiger charge is -2.45. The van der Waals surface area contributed by atoms with E-state index in [0.717, 1.165) is 38.4 Å². The number of allylic oxidation sites excluding steroid dienone is 2. The normalized spacial score (nSPS) is 23.8. The molecule has 0 aliphatic heterocycles. The van der Waals surface area contributed by atoms with E-state index in [2.05, 4.69) is 26.0 Å². The highest BCUT2D eigenvalue weighted by molar-refractivity contribution is 6.21. The molecule has 1 unspecified atom stereocenters. The largest absolute Gasteiger partial charge is 0.480 e. The first-order valence-electron chi connectivity index (χ1n) is 20.9. The maximum Gasteiger partial charge on any atom is 0.324 e. The van der Waals surface area contributed by atoms with Crippen molar-refractivity contribution < 1.29 is 24.9 Å². The number of carbonyl (C=O) groups excluding carboxylic acids is 1. The molecular formula is C43H76ClNO5. The van der Waals surface area contributed by atoms with Crippen molar-refractivity contribution in [2.75, 3.05) is 13.6 Å². The van der Waals surface area contributed by atoms with Crippen LogP contribution in [0.1, 0.15) is 181 Å². The summed E-state index contributed by atoms with van der Waals surface area (Å²) in [5.74, 6) is -0.917. The van der Waals surface area contributed by atoms with Crippen LogP contribution in [0.3, 0.4) is 0 Å². The van der Waals surface area contributed by atoms with Gasteiger partial charge in [-0.3, -0.25) is 9.69 Å². The minimum absolute atomic E-state index is 0.0257. The first-order valence-corrected chi connectivity index (χ1v) is 21.3. The quantitative estimate of drug-likeness (QED) is 0.0285. The average Bonchev–Trinajstić information content (AvgIpc) is 3.34. The Balaban J connectivity index is 1.70. The van der Waals surface area contributed by atoms with Gasteiger partial charge >= 0.3 is 5.97 Å². The van der Waals surface area contributed by atoms with E-state index in [1.54, 1.807) is 0 Å². The van der Waals surface area contributed by atoms with E-state index >= 15 is 0 Å². The number of hydrogen-bond donors (Lipinski definition) is 3. The molecule has 0 spiro atoms. The number of nitrogens with zero attached hydrogens (tertiary/aromatic N) is 1. The predicted octanol–water partition coefficient (Wildman–Crippen LogP) is 10.8. The van der Waals surface area contributed by atoms with Crippen LogP contribution in [0.2, 0.25) is 0 Å². The number of unbranched alkanes of at least 4 members (excludes halogenated alkanes) is 15. The molecule has 0 saturated heterocycles. The molecule has 0 radical (unpaired) electrons. The number of likely N-dealkylation sites (N-methyl/N-ethyl adjacent to an activating group) is 1. The lowest BCUT2D eigenvalue weighted by Crippen LogP contribution is -2.53. The van der Waals surface area contributed by atoms with E-state index in [-0.39, 0.29) is 35.2 Å². The summed E-state index contributed by atoms with van der Waals surface area (Å²) in [4.78, 5) is 26.1. The van der Waals surface area contributed by atoms with Crippen LogP contribution in [0.25, 0.3) is 0 Å². The van der Waals surface area contributed by atoms with Crippen LogP contribution in [0.5, 0.6) is 0 Å². The second-order valence-electron chi connectivity index (χ2n) is 16.0. The molecular weight excluding hydrogens is 646 g/mol. The van der Waals surface area contributed by atoms with Crippen LogP contribution in [-0.2, 0) is 9.59 Å². The summed E-state index contributed by atoms with van der Waals surface area (Å²) in [7, 11) is 1.85. The molecule has 2 fully saturated rings. The van der Waals surface area contributed by atoms with Crippen LogP contribution in [0, 0.1) is 17.3 Å². The zero-order chi connectivity index (χ0) is 36.7. The highest BCUT2D eigenvalue weighted by atomic mass is 35.5. The topological polar surface area (TPSA) is 98.1 Å². The monoisotopic (exact) mass is 722 g/mol. The maximum atomic E-state index is 12.6. The van der Waals surface area contributed by atoms with Gasteiger partial charge in [0.2, 0.25) is 0 Å². The first-order chi connectivity index (χ1) is 24.2. The second-order valence-corrected chi connectivity index (χ2v) is 16.5. The van der Waals surface area contributed by atoms with Crippen molar-refractivity contribution in [2.24, 2.45) is 17.3 Å². The fourth-order valence-electron chi connectivity index (χ4n) is 8.58. The SMILES string of the molecule is CCCCCCCCCCCCCCCCCCN(C)C(CC=O)(CC/C=C\C[C@@H]1[C@@H](/C=C/C[C@H](O)C2(CC)CCC2)[C@H](O)C[C@H]1Cl)C(=O)O. The van der Waals surface area contributed by atoms with Crippen LogP contribution < -0.4 is 0 Å². The molecule has 0 aromatic carbocycles. The number of hydrogen-bond acceptors (Lipinski definition) is 5. The minimum atomic E-state index is -1.21. The fraction of sp³-hybridized carbons (Fsp3) is 0.860. The third-order valence-corrected chi connectivity index (χ3v) is 13.0. The molecule has 290 valence electrons. The number of carboxylic acid groups (broad SMARTS) is 1. The van der Waals surface area contributed by atoms with Crippen molar-refractivity contribution in [2.45, 2.75) is 204 Å². The van der Waals surface area contributed by atoms with Crippen LogP contribution in [-0.4, -0.2) is 69.2 Å². The molecule has 2 aliphatic rings. The number of rotatable bonds is 31. The van der Waals surface area contributed by atoms with Crippen LogP contribution in [0.15, 0.2) is 24.3 Å². The van der Waals surface area contributed by atoms with Crippen LogP contribution >= 0.6 is 11.6 Å². The third-order valence-electron chi connectivity index (χ3n) is 12.5. The Morgan fingerprint density at radius 2 is 1.46 bits per heavy atom. The van der Waals surface area contributed by atoms with E-state index < -0.39 is 17.6 Å². The molecule has 0 bridgehead atoms. The Hall–Kier alpha value is -1.21. The molecule has 2 rings (SSSR count). The van der Waals surface area contributed by atoms with Gasteiger partial charge in [0.25, 0.3) is 0 Å². The Labute approximate surface area is 311 Å². The van der Waals surface area contributed by atoms with Crippen molar-refractivity contribution in [1.29, 1.82) is 0 Å². The highest BCUT2D eigenvalue weighted by Gasteiger charge is 2.43. The molecule has 6 nitrogen and oxygen atoms in total. The molecule has 0 aromatic rings. The van der Waals surface area contributed by atoms with Crippen molar-refractivity contribution in [3.05, 3.63) is 24.3 Å². The molecule has 3 N–H and O–H groups in total. The Morgan fingerprint density at radius 3 is 1.94 bits per heavy atom. The summed E-state index contributed by atoms with van der Waals surface area (Å²) >= 11 is 6.68. The van der Waals surface area contributed by atoms with E-state index in [4.69, 9.17) is 11.6 Å². The number of alkyl halides is 1. The van der Waals surface area contributed by atoms with Gasteiger partial charge in [0, 0.05) is 17.7 Å². The van der Waals surface area contributed by atoms with E-state index in [9.17, 15) is 24.9 Å². The Bertz CT molecular complexity index is 961. The first kappa shape index (κ1) is 44.9. The van der Waals surface area contributed by atoms with Crippen molar-refractivity contribution >= 4 is 23.9 Å². The van der Waals surface area contributed by atoms with Gasteiger partial charge in [0.15, 0.2) is 0 Å². The molecule has 2 aliphatic carbocycles. The third kappa shape index (κ3) is 15.0. The summed E-state index contributed by atoms with van der Waals surface area (Å²) in [6.07, 6.45) is 36.0. The summed E-state index contributed by atoms with van der Waals surface area (Å²) in [5.41, 5.74) is -1.15. The van der Waals surface area contributed by atoms with Gasteiger partial charge in [-0.2, -0.15) is 0 Å². The minimum Gasteiger partial charge on any atom is -0.480 e. The fourth-order valence-corrected chi connectivity index (χ4v) is 9.03. The summed E-state index contributed by atoms with van der Waals surface area (Å²) in [5, 5.41) is 31.7. The Morgan fingerprint density at radius 1 is 0.900 bits per heavy atom. The molecule has 6 atom stereocenters. The van der Waals surface area contributed by atoms with E-state index in [1.807, 2.05) is 24.1 Å². The lowest BCUT2D eigenvalue weighted by molar-refractivity contribution is -0.153. The molecule has 0 amide bonds. The van der Waals surface area contributed by atoms with Crippen molar-refractivity contribution in [1.82, 2.24) is 4.90 Å². The second kappa shape index (κ2) is 25.7. The number of aliphatic carboxylic acids is 1. The van der Waals surface area contributed by atoms with Gasteiger partial charge in [-0.05, 0) is 82.7 Å². The number of halogens is 1. The van der Waals surface area contributed by atoms with Gasteiger partial charge in [-0.25, -0.2) is 0 Å². The zero-order valence-corrected chi connectivity index (χ0v) is 33.1. The van der Waals surface area contributed by atoms with Gasteiger partial charge in [0.05, 0.1) is 12.2 Å².